The average molecular weight is 437 g/mol. The second-order valence-corrected chi connectivity index (χ2v) is 9.33. The minimum Gasteiger partial charge on any atom is -0.456 e. The van der Waals surface area contributed by atoms with Crippen LogP contribution in [0.1, 0.15) is 55.2 Å². The molecular formula is C25H32N4O3. The van der Waals surface area contributed by atoms with Gasteiger partial charge in [-0.2, -0.15) is 0 Å². The predicted octanol–water partition coefficient (Wildman–Crippen LogP) is 4.44. The highest BCUT2D eigenvalue weighted by Gasteiger charge is 2.22. The Hall–Kier alpha value is -3.35. The van der Waals surface area contributed by atoms with Crippen molar-refractivity contribution >= 4 is 28.5 Å². The number of ether oxygens (including phenoxy) is 1. The van der Waals surface area contributed by atoms with Crippen molar-refractivity contribution < 1.29 is 9.53 Å². The molecule has 3 rings (SSSR count). The summed E-state index contributed by atoms with van der Waals surface area (Å²) in [6.07, 6.45) is 0. The number of esters is 1. The third kappa shape index (κ3) is 4.77. The van der Waals surface area contributed by atoms with E-state index in [1.54, 1.807) is 17.7 Å². The second kappa shape index (κ2) is 8.65. The second-order valence-electron chi connectivity index (χ2n) is 9.33. The molecule has 0 saturated carbocycles. The van der Waals surface area contributed by atoms with E-state index in [-0.39, 0.29) is 17.6 Å². The first kappa shape index (κ1) is 23.3. The maximum atomic E-state index is 13.0. The fourth-order valence-corrected chi connectivity index (χ4v) is 3.70. The quantitative estimate of drug-likeness (QED) is 0.596. The van der Waals surface area contributed by atoms with Crippen LogP contribution in [0.15, 0.2) is 41.2 Å². The molecule has 0 fully saturated rings. The molecule has 1 unspecified atom stereocenters. The lowest BCUT2D eigenvalue weighted by molar-refractivity contribution is 0.00706. The molecule has 0 radical (unpaired) electrons. The molecule has 0 bridgehead atoms. The zero-order valence-corrected chi connectivity index (χ0v) is 20.1. The van der Waals surface area contributed by atoms with Crippen molar-refractivity contribution in [1.82, 2.24) is 9.55 Å². The van der Waals surface area contributed by atoms with Crippen molar-refractivity contribution in [2.75, 3.05) is 24.3 Å². The Kier molecular flexibility index (Phi) is 6.30. The molecule has 0 amide bonds. The molecule has 1 aromatic heterocycles. The molecule has 170 valence electrons. The number of hydrogen-bond donors (Lipinski definition) is 1. The largest absolute Gasteiger partial charge is 0.456 e. The number of fused-ring (bicyclic) bond motifs is 1. The minimum atomic E-state index is -0.588. The van der Waals surface area contributed by atoms with Gasteiger partial charge >= 0.3 is 5.97 Å². The highest BCUT2D eigenvalue weighted by atomic mass is 16.6. The van der Waals surface area contributed by atoms with Gasteiger partial charge in [0.05, 0.1) is 22.5 Å². The van der Waals surface area contributed by atoms with E-state index in [1.165, 1.54) is 0 Å². The SMILES string of the molecule is Cc1cc(C(C)Nc2ccccc2C(=O)OC(C)(C)C)c2nc(N(C)C)n(C)c(=O)c2c1. The van der Waals surface area contributed by atoms with Crippen LogP contribution in [0.25, 0.3) is 10.9 Å². The van der Waals surface area contributed by atoms with Gasteiger partial charge in [0.15, 0.2) is 0 Å². The number of carbonyl (C=O) groups excluding carboxylic acids is 1. The maximum absolute atomic E-state index is 13.0. The van der Waals surface area contributed by atoms with E-state index in [0.717, 1.165) is 11.1 Å². The number of rotatable bonds is 5. The molecule has 1 heterocycles. The fraction of sp³-hybridized carbons (Fsp3) is 0.400. The Bertz CT molecular complexity index is 1220. The number of anilines is 2. The van der Waals surface area contributed by atoms with E-state index >= 15 is 0 Å². The highest BCUT2D eigenvalue weighted by molar-refractivity contribution is 5.96. The number of carbonyl (C=O) groups is 1. The standard InChI is InChI=1S/C25H32N4O3/c1-15-13-18(21-19(14-15)22(30)29(8)24(27-21)28(6)7)16(2)26-20-12-10-9-11-17(20)23(31)32-25(3,4)5/h9-14,16,26H,1-8H3. The Labute approximate surface area is 189 Å². The molecule has 0 aliphatic heterocycles. The number of para-hydroxylation sites is 1. The number of aryl methyl sites for hydroxylation is 1. The van der Waals surface area contributed by atoms with Crippen LogP contribution in [0.4, 0.5) is 11.6 Å². The van der Waals surface area contributed by atoms with Gasteiger partial charge in [-0.3, -0.25) is 9.36 Å². The summed E-state index contributed by atoms with van der Waals surface area (Å²) < 4.78 is 7.13. The highest BCUT2D eigenvalue weighted by Crippen LogP contribution is 2.29. The van der Waals surface area contributed by atoms with Crippen molar-refractivity contribution in [2.45, 2.75) is 46.3 Å². The van der Waals surface area contributed by atoms with E-state index in [9.17, 15) is 9.59 Å². The summed E-state index contributed by atoms with van der Waals surface area (Å²) in [5.41, 5.74) is 2.96. The van der Waals surface area contributed by atoms with Crippen molar-refractivity contribution in [3.63, 3.8) is 0 Å². The molecule has 0 aliphatic carbocycles. The summed E-state index contributed by atoms with van der Waals surface area (Å²) in [6.45, 7) is 9.49. The molecule has 0 saturated heterocycles. The number of aromatic nitrogens is 2. The number of nitrogens with one attached hydrogen (secondary N) is 1. The fourth-order valence-electron chi connectivity index (χ4n) is 3.70. The zero-order chi connectivity index (χ0) is 23.8. The van der Waals surface area contributed by atoms with Gasteiger partial charge in [0, 0.05) is 32.4 Å². The summed E-state index contributed by atoms with van der Waals surface area (Å²) in [4.78, 5) is 32.4. The molecule has 0 aliphatic rings. The van der Waals surface area contributed by atoms with Crippen molar-refractivity contribution in [3.05, 3.63) is 63.4 Å². The van der Waals surface area contributed by atoms with E-state index < -0.39 is 5.60 Å². The number of hydrogen-bond acceptors (Lipinski definition) is 6. The third-order valence-corrected chi connectivity index (χ3v) is 5.11. The van der Waals surface area contributed by atoms with Crippen LogP contribution in [-0.4, -0.2) is 35.2 Å². The molecule has 3 aromatic rings. The summed E-state index contributed by atoms with van der Waals surface area (Å²) >= 11 is 0. The third-order valence-electron chi connectivity index (χ3n) is 5.11. The Morgan fingerprint density at radius 3 is 2.47 bits per heavy atom. The maximum Gasteiger partial charge on any atom is 0.340 e. The number of nitrogens with zero attached hydrogens (tertiary/aromatic N) is 3. The molecule has 2 aromatic carbocycles. The molecule has 1 N–H and O–H groups in total. The van der Waals surface area contributed by atoms with Gasteiger partial charge in [-0.05, 0) is 58.4 Å². The van der Waals surface area contributed by atoms with Gasteiger partial charge in [-0.25, -0.2) is 9.78 Å². The first-order valence-electron chi connectivity index (χ1n) is 10.7. The van der Waals surface area contributed by atoms with Crippen LogP contribution in [0, 0.1) is 6.92 Å². The van der Waals surface area contributed by atoms with Gasteiger partial charge in [0.25, 0.3) is 5.56 Å². The Balaban J connectivity index is 2.08. The summed E-state index contributed by atoms with van der Waals surface area (Å²) in [7, 11) is 5.45. The molecule has 1 atom stereocenters. The topological polar surface area (TPSA) is 76.5 Å². The summed E-state index contributed by atoms with van der Waals surface area (Å²) in [5, 5.41) is 4.00. The van der Waals surface area contributed by atoms with E-state index in [1.807, 2.05) is 83.9 Å². The van der Waals surface area contributed by atoms with Gasteiger partial charge < -0.3 is 15.0 Å². The first-order valence-corrected chi connectivity index (χ1v) is 10.7. The van der Waals surface area contributed by atoms with Crippen molar-refractivity contribution in [2.24, 2.45) is 7.05 Å². The van der Waals surface area contributed by atoms with Crippen LogP contribution in [-0.2, 0) is 11.8 Å². The molecule has 7 heteroatoms. The first-order chi connectivity index (χ1) is 14.9. The Morgan fingerprint density at radius 1 is 1.19 bits per heavy atom. The van der Waals surface area contributed by atoms with Crippen LogP contribution in [0.2, 0.25) is 0 Å². The zero-order valence-electron chi connectivity index (χ0n) is 20.1. The lowest BCUT2D eigenvalue weighted by Crippen LogP contribution is -2.27. The van der Waals surface area contributed by atoms with Crippen LogP contribution < -0.4 is 15.8 Å². The monoisotopic (exact) mass is 436 g/mol. The van der Waals surface area contributed by atoms with Gasteiger partial charge in [0.1, 0.15) is 5.60 Å². The average Bonchev–Trinajstić information content (AvgIpc) is 2.69. The van der Waals surface area contributed by atoms with Crippen LogP contribution >= 0.6 is 0 Å². The van der Waals surface area contributed by atoms with Crippen LogP contribution in [0.5, 0.6) is 0 Å². The predicted molar refractivity (Wildman–Crippen MR) is 130 cm³/mol. The Morgan fingerprint density at radius 2 is 1.84 bits per heavy atom. The van der Waals surface area contributed by atoms with Crippen LogP contribution in [0.3, 0.4) is 0 Å². The lowest BCUT2D eigenvalue weighted by Gasteiger charge is -2.23. The minimum absolute atomic E-state index is 0.0926. The van der Waals surface area contributed by atoms with E-state index in [4.69, 9.17) is 9.72 Å². The number of benzene rings is 2. The lowest BCUT2D eigenvalue weighted by atomic mass is 10.0. The molecule has 32 heavy (non-hydrogen) atoms. The molecular weight excluding hydrogens is 404 g/mol. The van der Waals surface area contributed by atoms with Crippen molar-refractivity contribution in [1.29, 1.82) is 0 Å². The van der Waals surface area contributed by atoms with Gasteiger partial charge in [-0.15, -0.1) is 0 Å². The van der Waals surface area contributed by atoms with E-state index in [2.05, 4.69) is 5.32 Å². The smallest absolute Gasteiger partial charge is 0.340 e. The molecule has 0 spiro atoms. The van der Waals surface area contributed by atoms with E-state index in [0.29, 0.717) is 28.1 Å². The van der Waals surface area contributed by atoms with Crippen molar-refractivity contribution in [3.8, 4) is 0 Å². The summed E-state index contributed by atoms with van der Waals surface area (Å²) in [5.74, 6) is 0.192. The summed E-state index contributed by atoms with van der Waals surface area (Å²) in [6, 6.07) is 11.0. The molecule has 7 nitrogen and oxygen atoms in total. The van der Waals surface area contributed by atoms with Gasteiger partial charge in [0.2, 0.25) is 5.95 Å². The van der Waals surface area contributed by atoms with Gasteiger partial charge in [-0.1, -0.05) is 18.2 Å². The normalized spacial score (nSPS) is 12.5.